The van der Waals surface area contributed by atoms with Crippen molar-refractivity contribution in [3.05, 3.63) is 0 Å². The summed E-state index contributed by atoms with van der Waals surface area (Å²) >= 11 is 0. The van der Waals surface area contributed by atoms with E-state index in [2.05, 4.69) is 0 Å². The van der Waals surface area contributed by atoms with Gasteiger partial charge in [-0.25, -0.2) is 0 Å². The van der Waals surface area contributed by atoms with Crippen molar-refractivity contribution in [3.8, 4) is 0 Å². The third-order valence-corrected chi connectivity index (χ3v) is 0. The molecule has 0 bridgehead atoms. The summed E-state index contributed by atoms with van der Waals surface area (Å²) in [5, 5.41) is 0. The number of hydrogen-bond acceptors (Lipinski definition) is 9. The molecule has 0 aromatic rings. The van der Waals surface area contributed by atoms with Gasteiger partial charge in [0.2, 0.25) is 0 Å². The molecule has 0 spiro atoms. The van der Waals surface area contributed by atoms with E-state index < -0.39 is 27.5 Å². The zero-order valence-electron chi connectivity index (χ0n) is 7.15. The van der Waals surface area contributed by atoms with Crippen molar-refractivity contribution in [2.24, 2.45) is 0 Å². The summed E-state index contributed by atoms with van der Waals surface area (Å²) in [6, 6.07) is 0. The second-order valence-electron chi connectivity index (χ2n) is 0.750. The molecule has 0 saturated heterocycles. The van der Waals surface area contributed by atoms with Gasteiger partial charge in [-0.3, -0.25) is 9.41 Å². The van der Waals surface area contributed by atoms with Crippen molar-refractivity contribution in [2.75, 3.05) is 0 Å². The third-order valence-electron chi connectivity index (χ3n) is 0. The fourth-order valence-corrected chi connectivity index (χ4v) is 0. The monoisotopic (exact) mass is 322 g/mol. The maximum atomic E-state index is 8.52. The fourth-order valence-electron chi connectivity index (χ4n) is 0. The van der Waals surface area contributed by atoms with Crippen molar-refractivity contribution in [1.29, 1.82) is 0 Å². The van der Waals surface area contributed by atoms with E-state index >= 15 is 0 Å². The Morgan fingerprint density at radius 3 is 0.500 bits per heavy atom. The Bertz CT molecular complexity index is 124. The van der Waals surface area contributed by atoms with E-state index in [-0.39, 0.29) is 44.1 Å². The van der Waals surface area contributed by atoms with Crippen LogP contribution in [0.2, 0.25) is 0 Å². The van der Waals surface area contributed by atoms with Gasteiger partial charge >= 0.3 is 34.7 Å². The topological polar surface area (TPSA) is 190 Å². The van der Waals surface area contributed by atoms with Crippen LogP contribution in [-0.2, 0) is 13.4 Å². The smallest absolute Gasteiger partial charge is 0.672 e. The molecule has 0 saturated carbocycles. The summed E-state index contributed by atoms with van der Waals surface area (Å²) in [5.74, 6) is 0. The minimum atomic E-state index is -3.63. The zero-order chi connectivity index (χ0) is 10.7. The van der Waals surface area contributed by atoms with Gasteiger partial charge in [-0.2, -0.15) is 0 Å². The number of rotatable bonds is 0. The van der Waals surface area contributed by atoms with Gasteiger partial charge in [0.25, 0.3) is 0 Å². The molecule has 16 heteroatoms. The van der Waals surface area contributed by atoms with Crippen LogP contribution >= 0.6 is 0 Å². The van der Waals surface area contributed by atoms with E-state index in [1.165, 1.54) is 0 Å². The van der Waals surface area contributed by atoms with Crippen LogP contribution in [0, 0.1) is 0 Å². The van der Waals surface area contributed by atoms with Gasteiger partial charge in [-0.15, -0.1) is 0 Å². The minimum Gasteiger partial charge on any atom is -0.672 e. The molecule has 0 atom stereocenters. The van der Waals surface area contributed by atoms with Crippen LogP contribution in [0.15, 0.2) is 0 Å². The van der Waals surface area contributed by atoms with Crippen molar-refractivity contribution < 1.29 is 51.6 Å². The predicted molar refractivity (Wildman–Crippen MR) is 35.8 cm³/mol. The molecule has 0 unspecified atom stereocenters. The first kappa shape index (κ1) is 44.7. The van der Waals surface area contributed by atoms with E-state index in [1.54, 1.807) is 0 Å². The van der Waals surface area contributed by atoms with Gasteiger partial charge in [-0.05, 0) is 0 Å². The van der Waals surface area contributed by atoms with Gasteiger partial charge in [0.15, 0.2) is 0 Å². The normalized spacial score (nSPS) is 4.50. The van der Waals surface area contributed by atoms with E-state index in [4.69, 9.17) is 42.2 Å². The van der Waals surface area contributed by atoms with Crippen LogP contribution in [0.25, 0.3) is 0 Å². The average Bonchev–Trinajstić information content (AvgIpc) is 1.54. The van der Waals surface area contributed by atoms with Crippen LogP contribution in [0.1, 0.15) is 0 Å². The molecule has 0 radical (unpaired) electrons. The second kappa shape index (κ2) is 36.4. The summed E-state index contributed by atoms with van der Waals surface area (Å²) in [5.41, 5.74) is 0. The predicted octanol–water partition coefficient (Wildman–Crippen LogP) is -9.09. The summed E-state index contributed by atoms with van der Waals surface area (Å²) in [4.78, 5) is 51.1. The maximum Gasteiger partial charge on any atom is 3.00 e. The van der Waals surface area contributed by atoms with Gasteiger partial charge < -0.3 is 42.2 Å². The molecular weight excluding hydrogens is 320 g/mol. The Morgan fingerprint density at radius 2 is 0.500 bits per heavy atom. The summed E-state index contributed by atoms with van der Waals surface area (Å²) in [6.45, 7) is 0. The quantitative estimate of drug-likeness (QED) is 0.389. The van der Waals surface area contributed by atoms with E-state index in [0.717, 1.165) is 0 Å². The number of hydrogen-bond donors (Lipinski definition) is 0. The molecule has 0 rings (SSSR count). The molecule has 0 aromatic carbocycles. The minimum absolute atomic E-state index is 0. The van der Waals surface area contributed by atoms with Gasteiger partial charge in [0.1, 0.15) is 0 Å². The van der Waals surface area contributed by atoms with E-state index in [9.17, 15) is 0 Å². The molecule has 88 valence electrons. The van der Waals surface area contributed by atoms with Crippen LogP contribution in [0.3, 0.4) is 0 Å². The summed E-state index contributed by atoms with van der Waals surface area (Å²) < 4.78 is 25.6. The van der Waals surface area contributed by atoms with Crippen LogP contribution in [0.4, 0.5) is 9.41 Å². The first-order valence-corrected chi connectivity index (χ1v) is 5.51. The second-order valence-corrected chi connectivity index (χ2v) is 2.25. The van der Waals surface area contributed by atoms with E-state index in [0.29, 0.717) is 0 Å². The summed E-state index contributed by atoms with van der Waals surface area (Å²) in [7, 11) is -10.9. The molecule has 0 fully saturated rings. The first-order valence-electron chi connectivity index (χ1n) is 1.84. The molecule has 0 amide bonds. The van der Waals surface area contributed by atoms with Gasteiger partial charge in [0.05, 0.1) is 0 Å². The molecule has 0 heterocycles. The Balaban J connectivity index is -0.0000000135. The largest absolute Gasteiger partial charge is 3.00 e. The molecule has 0 aliphatic rings. The Kier molecular flexibility index (Phi) is 102. The average molecular weight is 322 g/mol. The molecule has 0 aliphatic heterocycles. The first-order chi connectivity index (χ1) is 5.20. The third kappa shape index (κ3) is 44600. The standard InChI is InChI=1S/2Al.2FH.3O3Si/c;;;;3*1-4(2)3/h;;2*1H;;;/q2*+3;;;3*-2. The van der Waals surface area contributed by atoms with Crippen molar-refractivity contribution >= 4 is 62.2 Å². The molecule has 0 N–H and O–H groups in total. The van der Waals surface area contributed by atoms with Crippen LogP contribution < -0.4 is 28.8 Å². The van der Waals surface area contributed by atoms with Crippen LogP contribution in [0.5, 0.6) is 0 Å². The van der Waals surface area contributed by atoms with Gasteiger partial charge in [-0.1, -0.05) is 0 Å². The summed E-state index contributed by atoms with van der Waals surface area (Å²) in [6.07, 6.45) is 0. The molecule has 0 aliphatic carbocycles. The zero-order valence-corrected chi connectivity index (χ0v) is 12.5. The van der Waals surface area contributed by atoms with Crippen molar-refractivity contribution in [1.82, 2.24) is 0 Å². The molecular formula is H2Al2F2O9Si3. The Labute approximate surface area is 114 Å². The molecule has 16 heavy (non-hydrogen) atoms. The molecule has 9 nitrogen and oxygen atoms in total. The Hall–Kier alpha value is -0.224. The van der Waals surface area contributed by atoms with Crippen molar-refractivity contribution in [3.63, 3.8) is 0 Å². The van der Waals surface area contributed by atoms with Crippen LogP contribution in [-0.4, -0.2) is 62.2 Å². The fraction of sp³-hybridized carbons (Fsp3) is 0. The molecule has 0 aromatic heterocycles. The van der Waals surface area contributed by atoms with E-state index in [1.807, 2.05) is 0 Å². The van der Waals surface area contributed by atoms with Gasteiger partial charge in [0, 0.05) is 27.5 Å². The Morgan fingerprint density at radius 1 is 0.500 bits per heavy atom. The van der Waals surface area contributed by atoms with Crippen molar-refractivity contribution in [2.45, 2.75) is 0 Å². The SMILES string of the molecule is F.F.O=[Si]([O-])[O-].O=[Si]([O-])[O-].O=[Si]([O-])[O-].[Al+3].[Al+3]. The number of halogens is 2. The maximum absolute atomic E-state index is 8.52.